The molecule has 0 aromatic rings. The Kier molecular flexibility index (Phi) is 3.99. The summed E-state index contributed by atoms with van der Waals surface area (Å²) in [6, 6.07) is 1.01. The van der Waals surface area contributed by atoms with E-state index in [0.717, 1.165) is 19.5 Å². The number of nitrogens with zero attached hydrogens (tertiary/aromatic N) is 1. The molecule has 2 fully saturated rings. The number of allylic oxidation sites excluding steroid dienone is 1. The van der Waals surface area contributed by atoms with Crippen LogP contribution in [0.3, 0.4) is 0 Å². The average molecular weight is 222 g/mol. The second kappa shape index (κ2) is 5.48. The van der Waals surface area contributed by atoms with Crippen LogP contribution in [0.4, 0.5) is 0 Å². The van der Waals surface area contributed by atoms with Crippen molar-refractivity contribution in [1.82, 2.24) is 10.2 Å². The summed E-state index contributed by atoms with van der Waals surface area (Å²) in [4.78, 5) is 14.1. The predicted octanol–water partition coefficient (Wildman–Crippen LogP) is 1.70. The molecule has 0 bridgehead atoms. The van der Waals surface area contributed by atoms with Crippen LogP contribution in [0.5, 0.6) is 0 Å². The van der Waals surface area contributed by atoms with E-state index in [2.05, 4.69) is 16.8 Å². The lowest BCUT2D eigenvalue weighted by molar-refractivity contribution is -0.132. The van der Waals surface area contributed by atoms with Gasteiger partial charge in [-0.05, 0) is 38.6 Å². The third kappa shape index (κ3) is 2.46. The van der Waals surface area contributed by atoms with Crippen molar-refractivity contribution in [1.29, 1.82) is 0 Å². The van der Waals surface area contributed by atoms with Gasteiger partial charge in [0.1, 0.15) is 0 Å². The normalized spacial score (nSPS) is 29.6. The van der Waals surface area contributed by atoms with Gasteiger partial charge in [0.15, 0.2) is 0 Å². The highest BCUT2D eigenvalue weighted by Gasteiger charge is 2.35. The number of amides is 1. The van der Waals surface area contributed by atoms with Crippen LogP contribution < -0.4 is 5.32 Å². The minimum atomic E-state index is 0.316. The van der Waals surface area contributed by atoms with Gasteiger partial charge in [0.2, 0.25) is 5.91 Å². The molecule has 0 spiro atoms. The fourth-order valence-electron chi connectivity index (χ4n) is 2.93. The maximum Gasteiger partial charge on any atom is 0.223 e. The molecule has 2 aliphatic rings. The van der Waals surface area contributed by atoms with E-state index < -0.39 is 0 Å². The number of nitrogens with one attached hydrogen (secondary N) is 1. The first kappa shape index (κ1) is 11.6. The van der Waals surface area contributed by atoms with Crippen LogP contribution in [-0.2, 0) is 4.79 Å². The average Bonchev–Trinajstić information content (AvgIpc) is 2.94. The molecule has 2 saturated heterocycles. The molecule has 16 heavy (non-hydrogen) atoms. The van der Waals surface area contributed by atoms with E-state index in [0.29, 0.717) is 24.4 Å². The first-order valence-electron chi connectivity index (χ1n) is 6.46. The summed E-state index contributed by atoms with van der Waals surface area (Å²) in [6.45, 7) is 5.75. The Morgan fingerprint density at radius 1 is 1.44 bits per heavy atom. The molecule has 2 unspecified atom stereocenters. The fourth-order valence-corrected chi connectivity index (χ4v) is 2.93. The number of hydrogen-bond acceptors (Lipinski definition) is 2. The van der Waals surface area contributed by atoms with Gasteiger partial charge in [-0.15, -0.1) is 6.58 Å². The van der Waals surface area contributed by atoms with Crippen molar-refractivity contribution in [3.05, 3.63) is 12.7 Å². The second-order valence-corrected chi connectivity index (χ2v) is 4.83. The third-order valence-corrected chi connectivity index (χ3v) is 3.74. The fraction of sp³-hybridized carbons (Fsp3) is 0.769. The molecule has 2 heterocycles. The molecule has 0 aliphatic carbocycles. The van der Waals surface area contributed by atoms with Gasteiger partial charge in [-0.25, -0.2) is 0 Å². The molecule has 2 aliphatic heterocycles. The zero-order valence-corrected chi connectivity index (χ0v) is 9.95. The molecule has 0 saturated carbocycles. The van der Waals surface area contributed by atoms with Crippen LogP contribution in [0.25, 0.3) is 0 Å². The van der Waals surface area contributed by atoms with Crippen molar-refractivity contribution in [2.45, 2.75) is 50.6 Å². The maximum atomic E-state index is 12.0. The van der Waals surface area contributed by atoms with Crippen LogP contribution in [0.15, 0.2) is 12.7 Å². The molecule has 1 amide bonds. The number of carbonyl (C=O) groups is 1. The number of hydrogen-bond donors (Lipinski definition) is 1. The molecule has 0 aromatic heterocycles. The highest BCUT2D eigenvalue weighted by atomic mass is 16.2. The molecule has 3 heteroatoms. The van der Waals surface area contributed by atoms with Crippen molar-refractivity contribution >= 4 is 5.91 Å². The Labute approximate surface area is 97.9 Å². The molecule has 3 nitrogen and oxygen atoms in total. The number of likely N-dealkylation sites (tertiary alicyclic amines) is 1. The van der Waals surface area contributed by atoms with E-state index in [1.807, 2.05) is 6.08 Å². The lowest BCUT2D eigenvalue weighted by Crippen LogP contribution is -2.46. The highest BCUT2D eigenvalue weighted by Crippen LogP contribution is 2.25. The van der Waals surface area contributed by atoms with E-state index >= 15 is 0 Å². The lowest BCUT2D eigenvalue weighted by atomic mass is 10.0. The quantitative estimate of drug-likeness (QED) is 0.734. The van der Waals surface area contributed by atoms with Gasteiger partial charge in [0, 0.05) is 25.0 Å². The lowest BCUT2D eigenvalue weighted by Gasteiger charge is -2.29. The van der Waals surface area contributed by atoms with Crippen LogP contribution in [-0.4, -0.2) is 36.0 Å². The second-order valence-electron chi connectivity index (χ2n) is 4.83. The minimum Gasteiger partial charge on any atom is -0.338 e. The van der Waals surface area contributed by atoms with E-state index in [9.17, 15) is 4.79 Å². The predicted molar refractivity (Wildman–Crippen MR) is 65.2 cm³/mol. The summed E-state index contributed by atoms with van der Waals surface area (Å²) in [7, 11) is 0. The first-order valence-corrected chi connectivity index (χ1v) is 6.46. The van der Waals surface area contributed by atoms with E-state index in [1.165, 1.54) is 25.7 Å². The van der Waals surface area contributed by atoms with Gasteiger partial charge in [0.25, 0.3) is 0 Å². The van der Waals surface area contributed by atoms with Crippen molar-refractivity contribution < 1.29 is 4.79 Å². The maximum absolute atomic E-state index is 12.0. The van der Waals surface area contributed by atoms with Crippen molar-refractivity contribution in [3.8, 4) is 0 Å². The molecule has 90 valence electrons. The topological polar surface area (TPSA) is 32.3 Å². The molecule has 2 atom stereocenters. The standard InChI is InChI=1S/C13H22N2O/c1-2-3-8-13(16)15-10-5-7-12(15)11-6-4-9-14-11/h2,11-12,14H,1,3-10H2. The molecular formula is C13H22N2O. The molecule has 1 N–H and O–H groups in total. The van der Waals surface area contributed by atoms with Gasteiger partial charge in [0.05, 0.1) is 0 Å². The molecular weight excluding hydrogens is 200 g/mol. The Morgan fingerprint density at radius 2 is 2.31 bits per heavy atom. The summed E-state index contributed by atoms with van der Waals surface area (Å²) in [5.41, 5.74) is 0. The van der Waals surface area contributed by atoms with E-state index in [1.54, 1.807) is 0 Å². The van der Waals surface area contributed by atoms with Crippen LogP contribution >= 0.6 is 0 Å². The summed E-state index contributed by atoms with van der Waals surface area (Å²) in [6.07, 6.45) is 8.11. The van der Waals surface area contributed by atoms with Gasteiger partial charge in [-0.3, -0.25) is 4.79 Å². The van der Waals surface area contributed by atoms with Gasteiger partial charge in [-0.2, -0.15) is 0 Å². The van der Waals surface area contributed by atoms with Crippen molar-refractivity contribution in [3.63, 3.8) is 0 Å². The molecule has 2 rings (SSSR count). The molecule has 0 radical (unpaired) electrons. The van der Waals surface area contributed by atoms with Crippen molar-refractivity contribution in [2.24, 2.45) is 0 Å². The third-order valence-electron chi connectivity index (χ3n) is 3.74. The number of rotatable bonds is 4. The monoisotopic (exact) mass is 222 g/mol. The highest BCUT2D eigenvalue weighted by molar-refractivity contribution is 5.77. The van der Waals surface area contributed by atoms with Crippen LogP contribution in [0, 0.1) is 0 Å². The van der Waals surface area contributed by atoms with E-state index in [4.69, 9.17) is 0 Å². The smallest absolute Gasteiger partial charge is 0.223 e. The van der Waals surface area contributed by atoms with Crippen LogP contribution in [0.2, 0.25) is 0 Å². The zero-order chi connectivity index (χ0) is 11.4. The van der Waals surface area contributed by atoms with Gasteiger partial charge < -0.3 is 10.2 Å². The molecule has 0 aromatic carbocycles. The summed E-state index contributed by atoms with van der Waals surface area (Å²) in [5, 5.41) is 3.53. The Balaban J connectivity index is 1.91. The minimum absolute atomic E-state index is 0.316. The first-order chi connectivity index (χ1) is 7.83. The Morgan fingerprint density at radius 3 is 3.00 bits per heavy atom. The van der Waals surface area contributed by atoms with Gasteiger partial charge >= 0.3 is 0 Å². The SMILES string of the molecule is C=CCCC(=O)N1CCCC1C1CCCN1. The zero-order valence-electron chi connectivity index (χ0n) is 9.95. The van der Waals surface area contributed by atoms with E-state index in [-0.39, 0.29) is 0 Å². The number of carbonyl (C=O) groups excluding carboxylic acids is 1. The largest absolute Gasteiger partial charge is 0.338 e. The Hall–Kier alpha value is -0.830. The summed E-state index contributed by atoms with van der Waals surface area (Å²) in [5.74, 6) is 0.316. The summed E-state index contributed by atoms with van der Waals surface area (Å²) < 4.78 is 0. The van der Waals surface area contributed by atoms with Gasteiger partial charge in [-0.1, -0.05) is 6.08 Å². The van der Waals surface area contributed by atoms with Crippen molar-refractivity contribution in [2.75, 3.05) is 13.1 Å². The van der Waals surface area contributed by atoms with Crippen LogP contribution in [0.1, 0.15) is 38.5 Å². The Bertz CT molecular complexity index is 259. The summed E-state index contributed by atoms with van der Waals surface area (Å²) >= 11 is 0.